The summed E-state index contributed by atoms with van der Waals surface area (Å²) in [4.78, 5) is 14.9. The van der Waals surface area contributed by atoms with E-state index in [4.69, 9.17) is 4.74 Å². The molecule has 0 aromatic heterocycles. The summed E-state index contributed by atoms with van der Waals surface area (Å²) in [6, 6.07) is 0. The summed E-state index contributed by atoms with van der Waals surface area (Å²) in [5.41, 5.74) is -0.612. The maximum atomic E-state index is 12.4. The number of hydrogen-bond acceptors (Lipinski definition) is 4. The molecule has 1 amide bonds. The van der Waals surface area contributed by atoms with Crippen molar-refractivity contribution in [3.8, 4) is 0 Å². The smallest absolute Gasteiger partial charge is 0.252 e. The van der Waals surface area contributed by atoms with Gasteiger partial charge in [0.2, 0.25) is 0 Å². The highest BCUT2D eigenvalue weighted by Crippen LogP contribution is 2.22. The Morgan fingerprint density at radius 2 is 2.00 bits per heavy atom. The van der Waals surface area contributed by atoms with E-state index in [1.54, 1.807) is 7.11 Å². The molecule has 2 fully saturated rings. The average molecular weight is 283 g/mol. The normalized spacial score (nSPS) is 24.5. The van der Waals surface area contributed by atoms with E-state index in [0.717, 1.165) is 39.0 Å². The van der Waals surface area contributed by atoms with Crippen molar-refractivity contribution < 1.29 is 9.53 Å². The molecule has 0 radical (unpaired) electrons. The number of nitrogens with one attached hydrogen (secondary N) is 2. The van der Waals surface area contributed by atoms with Crippen molar-refractivity contribution in [2.24, 2.45) is 5.92 Å². The molecule has 0 aromatic carbocycles. The number of methoxy groups -OCH3 is 1. The number of amides is 1. The molecule has 2 rings (SSSR count). The van der Waals surface area contributed by atoms with Crippen LogP contribution in [0.1, 0.15) is 32.6 Å². The van der Waals surface area contributed by atoms with Crippen LogP contribution < -0.4 is 10.6 Å². The third-order valence-corrected chi connectivity index (χ3v) is 4.60. The summed E-state index contributed by atoms with van der Waals surface area (Å²) in [5, 5.41) is 6.37. The van der Waals surface area contributed by atoms with Gasteiger partial charge in [-0.05, 0) is 57.8 Å². The van der Waals surface area contributed by atoms with Crippen molar-refractivity contribution >= 4 is 5.91 Å². The third-order valence-electron chi connectivity index (χ3n) is 4.60. The number of rotatable bonds is 6. The monoisotopic (exact) mass is 283 g/mol. The predicted molar refractivity (Wildman–Crippen MR) is 79.7 cm³/mol. The summed E-state index contributed by atoms with van der Waals surface area (Å²) in [6.45, 7) is 8.17. The first-order valence-electron chi connectivity index (χ1n) is 7.93. The highest BCUT2D eigenvalue weighted by Gasteiger charge is 2.39. The molecule has 0 aliphatic carbocycles. The zero-order valence-corrected chi connectivity index (χ0v) is 12.9. The first-order valence-corrected chi connectivity index (χ1v) is 7.93. The van der Waals surface area contributed by atoms with Gasteiger partial charge in [-0.3, -0.25) is 4.79 Å². The topological polar surface area (TPSA) is 53.6 Å². The fourth-order valence-electron chi connectivity index (χ4n) is 3.25. The molecular formula is C15H29N3O2. The Morgan fingerprint density at radius 3 is 2.60 bits per heavy atom. The van der Waals surface area contributed by atoms with Crippen molar-refractivity contribution in [2.75, 3.05) is 46.4 Å². The van der Waals surface area contributed by atoms with Gasteiger partial charge in [0, 0.05) is 20.2 Å². The van der Waals surface area contributed by atoms with Crippen molar-refractivity contribution in [1.29, 1.82) is 0 Å². The highest BCUT2D eigenvalue weighted by molar-refractivity contribution is 5.85. The SMILES string of the molecule is COC1(C(=O)NCC(C)CN2CCCC2)CCNCC1. The number of ether oxygens (including phenoxy) is 1. The zero-order chi connectivity index (χ0) is 14.4. The van der Waals surface area contributed by atoms with Gasteiger partial charge in [0.1, 0.15) is 5.60 Å². The van der Waals surface area contributed by atoms with Crippen LogP contribution in [0, 0.1) is 5.92 Å². The van der Waals surface area contributed by atoms with Gasteiger partial charge in [0.05, 0.1) is 0 Å². The molecule has 2 saturated heterocycles. The van der Waals surface area contributed by atoms with Crippen LogP contribution in [-0.4, -0.2) is 62.8 Å². The molecule has 2 N–H and O–H groups in total. The number of carbonyl (C=O) groups excluding carboxylic acids is 1. The van der Waals surface area contributed by atoms with E-state index in [1.165, 1.54) is 25.9 Å². The maximum absolute atomic E-state index is 12.4. The van der Waals surface area contributed by atoms with E-state index in [-0.39, 0.29) is 5.91 Å². The van der Waals surface area contributed by atoms with Gasteiger partial charge in [0.25, 0.3) is 5.91 Å². The molecule has 0 saturated carbocycles. The average Bonchev–Trinajstić information content (AvgIpc) is 2.98. The summed E-state index contributed by atoms with van der Waals surface area (Å²) in [7, 11) is 1.65. The Kier molecular flexibility index (Phi) is 5.81. The summed E-state index contributed by atoms with van der Waals surface area (Å²) in [5.74, 6) is 0.558. The first kappa shape index (κ1) is 15.7. The van der Waals surface area contributed by atoms with Gasteiger partial charge in [-0.15, -0.1) is 0 Å². The minimum atomic E-state index is -0.612. The van der Waals surface area contributed by atoms with Crippen LogP contribution in [0.15, 0.2) is 0 Å². The van der Waals surface area contributed by atoms with Crippen molar-refractivity contribution in [3.05, 3.63) is 0 Å². The lowest BCUT2D eigenvalue weighted by Crippen LogP contribution is -2.54. The summed E-state index contributed by atoms with van der Waals surface area (Å²) >= 11 is 0. The molecule has 5 nitrogen and oxygen atoms in total. The maximum Gasteiger partial charge on any atom is 0.252 e. The van der Waals surface area contributed by atoms with Crippen molar-refractivity contribution in [3.63, 3.8) is 0 Å². The van der Waals surface area contributed by atoms with E-state index >= 15 is 0 Å². The molecule has 0 bridgehead atoms. The largest absolute Gasteiger partial charge is 0.368 e. The molecule has 2 heterocycles. The number of hydrogen-bond donors (Lipinski definition) is 2. The van der Waals surface area contributed by atoms with Gasteiger partial charge in [-0.2, -0.15) is 0 Å². The molecule has 0 aromatic rings. The molecule has 2 aliphatic heterocycles. The van der Waals surface area contributed by atoms with Crippen LogP contribution in [0.4, 0.5) is 0 Å². The molecular weight excluding hydrogens is 254 g/mol. The van der Waals surface area contributed by atoms with E-state index in [9.17, 15) is 4.79 Å². The number of nitrogens with zero attached hydrogens (tertiary/aromatic N) is 1. The second kappa shape index (κ2) is 7.38. The van der Waals surface area contributed by atoms with Crippen LogP contribution >= 0.6 is 0 Å². The Hall–Kier alpha value is -0.650. The van der Waals surface area contributed by atoms with Gasteiger partial charge >= 0.3 is 0 Å². The molecule has 1 unspecified atom stereocenters. The first-order chi connectivity index (χ1) is 9.66. The van der Waals surface area contributed by atoms with Crippen LogP contribution in [0.25, 0.3) is 0 Å². The van der Waals surface area contributed by atoms with Gasteiger partial charge in [-0.1, -0.05) is 6.92 Å². The van der Waals surface area contributed by atoms with Crippen LogP contribution in [0.2, 0.25) is 0 Å². The fraction of sp³-hybridized carbons (Fsp3) is 0.933. The van der Waals surface area contributed by atoms with E-state index in [1.807, 2.05) is 0 Å². The second-order valence-corrected chi connectivity index (χ2v) is 6.27. The zero-order valence-electron chi connectivity index (χ0n) is 12.9. The van der Waals surface area contributed by atoms with E-state index in [0.29, 0.717) is 5.92 Å². The molecule has 2 aliphatic rings. The van der Waals surface area contributed by atoms with E-state index in [2.05, 4.69) is 22.5 Å². The Labute approximate surface area is 122 Å². The standard InChI is InChI=1S/C15H29N3O2/c1-13(12-18-9-3-4-10-18)11-17-14(19)15(20-2)5-7-16-8-6-15/h13,16H,3-12H2,1-2H3,(H,17,19). The lowest BCUT2D eigenvalue weighted by Gasteiger charge is -2.35. The van der Waals surface area contributed by atoms with Gasteiger partial charge in [0.15, 0.2) is 0 Å². The molecule has 1 atom stereocenters. The predicted octanol–water partition coefficient (Wildman–Crippen LogP) is 0.603. The second-order valence-electron chi connectivity index (χ2n) is 6.27. The van der Waals surface area contributed by atoms with Crippen LogP contribution in [0.5, 0.6) is 0 Å². The Morgan fingerprint density at radius 1 is 1.35 bits per heavy atom. The van der Waals surface area contributed by atoms with Crippen LogP contribution in [-0.2, 0) is 9.53 Å². The lowest BCUT2D eigenvalue weighted by molar-refractivity contribution is -0.146. The van der Waals surface area contributed by atoms with Crippen molar-refractivity contribution in [2.45, 2.75) is 38.2 Å². The Bertz CT molecular complexity index is 310. The summed E-state index contributed by atoms with van der Waals surface area (Å²) < 4.78 is 5.54. The molecule has 5 heteroatoms. The van der Waals surface area contributed by atoms with Gasteiger partial charge in [-0.25, -0.2) is 0 Å². The number of carbonyl (C=O) groups is 1. The molecule has 0 spiro atoms. The minimum absolute atomic E-state index is 0.0646. The lowest BCUT2D eigenvalue weighted by atomic mass is 9.91. The highest BCUT2D eigenvalue weighted by atomic mass is 16.5. The third kappa shape index (κ3) is 3.93. The fourth-order valence-corrected chi connectivity index (χ4v) is 3.25. The van der Waals surface area contributed by atoms with E-state index < -0.39 is 5.60 Å². The molecule has 116 valence electrons. The van der Waals surface area contributed by atoms with Crippen molar-refractivity contribution in [1.82, 2.24) is 15.5 Å². The van der Waals surface area contributed by atoms with Gasteiger partial charge < -0.3 is 20.3 Å². The Balaban J connectivity index is 1.75. The van der Waals surface area contributed by atoms with Crippen LogP contribution in [0.3, 0.4) is 0 Å². The minimum Gasteiger partial charge on any atom is -0.368 e. The number of piperidine rings is 1. The quantitative estimate of drug-likeness (QED) is 0.750. The number of likely N-dealkylation sites (tertiary alicyclic amines) is 1. The summed E-state index contributed by atoms with van der Waals surface area (Å²) in [6.07, 6.45) is 4.16. The molecule has 20 heavy (non-hydrogen) atoms.